The van der Waals surface area contributed by atoms with Crippen LogP contribution in [0.2, 0.25) is 0 Å². The summed E-state index contributed by atoms with van der Waals surface area (Å²) in [6.07, 6.45) is -1.07. The van der Waals surface area contributed by atoms with Gasteiger partial charge in [-0.05, 0) is 39.0 Å². The molecule has 0 radical (unpaired) electrons. The lowest BCUT2D eigenvalue weighted by atomic mass is 10.1. The fourth-order valence-electron chi connectivity index (χ4n) is 3.07. The molecule has 30 heavy (non-hydrogen) atoms. The first-order valence-electron chi connectivity index (χ1n) is 9.57. The third-order valence-electron chi connectivity index (χ3n) is 4.75. The van der Waals surface area contributed by atoms with Crippen molar-refractivity contribution in [2.24, 2.45) is 0 Å². The van der Waals surface area contributed by atoms with Crippen LogP contribution in [0.15, 0.2) is 52.9 Å². The van der Waals surface area contributed by atoms with E-state index in [-0.39, 0.29) is 18.2 Å². The number of aryl methyl sites for hydroxylation is 2. The van der Waals surface area contributed by atoms with E-state index in [0.29, 0.717) is 16.8 Å². The monoisotopic (exact) mass is 408 g/mol. The number of ether oxygens (including phenoxy) is 1. The molecular weight excluding hydrogens is 384 g/mol. The SMILES string of the molecule is Cc1ccc(NC(=O)CN(C)C(=O)[C@@H](C)OC(=O)c2oc3ccccc3c2C)cc1. The Labute approximate surface area is 174 Å². The third-order valence-corrected chi connectivity index (χ3v) is 4.75. The molecule has 0 saturated carbocycles. The Balaban J connectivity index is 1.58. The molecule has 0 spiro atoms. The molecular formula is C23H24N2O5. The summed E-state index contributed by atoms with van der Waals surface area (Å²) in [6, 6.07) is 14.6. The van der Waals surface area contributed by atoms with E-state index in [4.69, 9.17) is 9.15 Å². The van der Waals surface area contributed by atoms with Crippen LogP contribution in [0.3, 0.4) is 0 Å². The molecule has 3 rings (SSSR count). The number of furan rings is 1. The minimum atomic E-state index is -1.07. The minimum Gasteiger partial charge on any atom is -0.449 e. The van der Waals surface area contributed by atoms with E-state index in [1.807, 2.05) is 37.3 Å². The van der Waals surface area contributed by atoms with E-state index < -0.39 is 18.0 Å². The molecule has 2 aromatic carbocycles. The van der Waals surface area contributed by atoms with E-state index >= 15 is 0 Å². The van der Waals surface area contributed by atoms with Crippen molar-refractivity contribution in [2.75, 3.05) is 18.9 Å². The second-order valence-electron chi connectivity index (χ2n) is 7.21. The Kier molecular flexibility index (Phi) is 6.20. The molecule has 0 aliphatic heterocycles. The number of fused-ring (bicyclic) bond motifs is 1. The second-order valence-corrected chi connectivity index (χ2v) is 7.21. The number of hydrogen-bond donors (Lipinski definition) is 1. The molecule has 7 nitrogen and oxygen atoms in total. The summed E-state index contributed by atoms with van der Waals surface area (Å²) < 4.78 is 10.9. The molecule has 2 amide bonds. The van der Waals surface area contributed by atoms with E-state index in [2.05, 4.69) is 5.32 Å². The number of benzene rings is 2. The zero-order valence-corrected chi connectivity index (χ0v) is 17.4. The van der Waals surface area contributed by atoms with Crippen LogP contribution in [0.5, 0.6) is 0 Å². The van der Waals surface area contributed by atoms with Gasteiger partial charge in [-0.15, -0.1) is 0 Å². The summed E-state index contributed by atoms with van der Waals surface area (Å²) >= 11 is 0. The van der Waals surface area contributed by atoms with Gasteiger partial charge in [0, 0.05) is 23.7 Å². The number of hydrogen-bond acceptors (Lipinski definition) is 5. The highest BCUT2D eigenvalue weighted by Gasteiger charge is 2.26. The lowest BCUT2D eigenvalue weighted by Crippen LogP contribution is -2.41. The highest BCUT2D eigenvalue weighted by Crippen LogP contribution is 2.25. The zero-order chi connectivity index (χ0) is 21.8. The van der Waals surface area contributed by atoms with Gasteiger partial charge >= 0.3 is 5.97 Å². The van der Waals surface area contributed by atoms with Gasteiger partial charge < -0.3 is 19.4 Å². The predicted octanol–water partition coefficient (Wildman–Crippen LogP) is 3.69. The summed E-state index contributed by atoms with van der Waals surface area (Å²) in [5, 5.41) is 3.54. The van der Waals surface area contributed by atoms with Crippen LogP contribution in [-0.4, -0.2) is 42.4 Å². The van der Waals surface area contributed by atoms with Crippen LogP contribution in [0.1, 0.15) is 28.6 Å². The zero-order valence-electron chi connectivity index (χ0n) is 17.4. The summed E-state index contributed by atoms with van der Waals surface area (Å²) in [7, 11) is 1.48. The topological polar surface area (TPSA) is 88.9 Å². The number of likely N-dealkylation sites (N-methyl/N-ethyl adjacent to an activating group) is 1. The van der Waals surface area contributed by atoms with Gasteiger partial charge in [0.05, 0.1) is 6.54 Å². The Hall–Kier alpha value is -3.61. The minimum absolute atomic E-state index is 0.0654. The molecule has 0 unspecified atom stereocenters. The number of amides is 2. The van der Waals surface area contributed by atoms with Crippen LogP contribution in [0.4, 0.5) is 5.69 Å². The Bertz CT molecular complexity index is 1080. The number of carbonyl (C=O) groups is 3. The molecule has 7 heteroatoms. The molecule has 0 fully saturated rings. The van der Waals surface area contributed by atoms with Crippen molar-refractivity contribution >= 4 is 34.4 Å². The second kappa shape index (κ2) is 8.82. The fourth-order valence-corrected chi connectivity index (χ4v) is 3.07. The smallest absolute Gasteiger partial charge is 0.375 e. The Morgan fingerprint density at radius 3 is 2.40 bits per heavy atom. The molecule has 0 saturated heterocycles. The van der Waals surface area contributed by atoms with Crippen molar-refractivity contribution in [2.45, 2.75) is 26.9 Å². The average molecular weight is 408 g/mol. The van der Waals surface area contributed by atoms with E-state index in [1.54, 1.807) is 25.1 Å². The molecule has 1 N–H and O–H groups in total. The number of para-hydroxylation sites is 1. The number of nitrogens with zero attached hydrogens (tertiary/aromatic N) is 1. The van der Waals surface area contributed by atoms with Gasteiger partial charge in [0.15, 0.2) is 6.10 Å². The van der Waals surface area contributed by atoms with Gasteiger partial charge in [0.1, 0.15) is 5.58 Å². The lowest BCUT2D eigenvalue weighted by molar-refractivity contribution is -0.140. The number of esters is 1. The number of anilines is 1. The molecule has 1 heterocycles. The molecule has 156 valence electrons. The van der Waals surface area contributed by atoms with Crippen molar-refractivity contribution in [3.63, 3.8) is 0 Å². The van der Waals surface area contributed by atoms with Crippen molar-refractivity contribution in [1.82, 2.24) is 4.90 Å². The quantitative estimate of drug-likeness (QED) is 0.629. The summed E-state index contributed by atoms with van der Waals surface area (Å²) in [6.45, 7) is 5.01. The number of nitrogens with one attached hydrogen (secondary N) is 1. The predicted molar refractivity (Wildman–Crippen MR) is 113 cm³/mol. The first-order valence-corrected chi connectivity index (χ1v) is 9.57. The van der Waals surface area contributed by atoms with E-state index in [9.17, 15) is 14.4 Å². The molecule has 0 bridgehead atoms. The van der Waals surface area contributed by atoms with Crippen LogP contribution >= 0.6 is 0 Å². The normalized spacial score (nSPS) is 11.7. The first-order chi connectivity index (χ1) is 14.3. The number of carbonyl (C=O) groups excluding carboxylic acids is 3. The van der Waals surface area contributed by atoms with E-state index in [1.165, 1.54) is 18.9 Å². The average Bonchev–Trinajstić information content (AvgIpc) is 3.06. The van der Waals surface area contributed by atoms with Gasteiger partial charge in [0.25, 0.3) is 5.91 Å². The van der Waals surface area contributed by atoms with Gasteiger partial charge in [-0.3, -0.25) is 9.59 Å². The van der Waals surface area contributed by atoms with Crippen molar-refractivity contribution < 1.29 is 23.5 Å². The summed E-state index contributed by atoms with van der Waals surface area (Å²) in [5.41, 5.74) is 2.95. The highest BCUT2D eigenvalue weighted by atomic mass is 16.6. The highest BCUT2D eigenvalue weighted by molar-refractivity contribution is 5.98. The van der Waals surface area contributed by atoms with Crippen LogP contribution in [0, 0.1) is 13.8 Å². The standard InChI is InChI=1S/C23H24N2O5/c1-14-9-11-17(12-10-14)24-20(26)13-25(4)22(27)16(3)29-23(28)21-15(2)18-7-5-6-8-19(18)30-21/h5-12,16H,13H2,1-4H3,(H,24,26)/t16-/m1/s1. The van der Waals surface area contributed by atoms with E-state index in [0.717, 1.165) is 10.9 Å². The first kappa shape index (κ1) is 21.1. The summed E-state index contributed by atoms with van der Waals surface area (Å²) in [4.78, 5) is 38.4. The molecule has 0 aliphatic rings. The van der Waals surface area contributed by atoms with Crippen molar-refractivity contribution in [1.29, 1.82) is 0 Å². The molecule has 1 atom stereocenters. The lowest BCUT2D eigenvalue weighted by Gasteiger charge is -2.21. The van der Waals surface area contributed by atoms with Crippen LogP contribution < -0.4 is 5.32 Å². The Morgan fingerprint density at radius 2 is 1.73 bits per heavy atom. The third kappa shape index (κ3) is 4.68. The molecule has 0 aliphatic carbocycles. The van der Waals surface area contributed by atoms with Gasteiger partial charge in [-0.1, -0.05) is 35.9 Å². The number of rotatable bonds is 6. The maximum absolute atomic E-state index is 12.5. The maximum Gasteiger partial charge on any atom is 0.375 e. The van der Waals surface area contributed by atoms with Crippen molar-refractivity contribution in [3.05, 3.63) is 65.4 Å². The van der Waals surface area contributed by atoms with Crippen LogP contribution in [-0.2, 0) is 14.3 Å². The summed E-state index contributed by atoms with van der Waals surface area (Å²) in [5.74, 6) is -1.49. The van der Waals surface area contributed by atoms with Gasteiger partial charge in [-0.25, -0.2) is 4.79 Å². The molecule has 3 aromatic rings. The largest absolute Gasteiger partial charge is 0.449 e. The fraction of sp³-hybridized carbons (Fsp3) is 0.261. The van der Waals surface area contributed by atoms with Gasteiger partial charge in [0.2, 0.25) is 11.7 Å². The Morgan fingerprint density at radius 1 is 1.07 bits per heavy atom. The maximum atomic E-state index is 12.5. The molecule has 1 aromatic heterocycles. The van der Waals surface area contributed by atoms with Gasteiger partial charge in [-0.2, -0.15) is 0 Å². The van der Waals surface area contributed by atoms with Crippen molar-refractivity contribution in [3.8, 4) is 0 Å². The van der Waals surface area contributed by atoms with Crippen LogP contribution in [0.25, 0.3) is 11.0 Å².